The van der Waals surface area contributed by atoms with E-state index < -0.39 is 11.5 Å². The van der Waals surface area contributed by atoms with Gasteiger partial charge in [-0.15, -0.1) is 11.3 Å². The van der Waals surface area contributed by atoms with Gasteiger partial charge in [0.05, 0.1) is 21.9 Å². The molecular weight excluding hydrogens is 212 g/mol. The minimum Gasteiger partial charge on any atom is -0.386 e. The smallest absolute Gasteiger partial charge is 0.108 e. The van der Waals surface area contributed by atoms with Crippen LogP contribution in [0.2, 0.25) is 0 Å². The summed E-state index contributed by atoms with van der Waals surface area (Å²) < 4.78 is 5.22. The number of hydrogen-bond acceptors (Lipinski definition) is 5. The number of hydrogen-bond donors (Lipinski definition) is 1. The Morgan fingerprint density at radius 1 is 1.60 bits per heavy atom. The quantitative estimate of drug-likeness (QED) is 0.826. The fourth-order valence-electron chi connectivity index (χ4n) is 1.82. The first-order valence-electron chi connectivity index (χ1n) is 4.84. The Kier molecular flexibility index (Phi) is 3.00. The third kappa shape index (κ3) is 1.88. The molecule has 5 heteroatoms. The Hall–Kier alpha value is -0.960. The first-order chi connectivity index (χ1) is 7.28. The van der Waals surface area contributed by atoms with Crippen LogP contribution >= 0.6 is 11.3 Å². The average Bonchev–Trinajstić information content (AvgIpc) is 2.82. The van der Waals surface area contributed by atoms with Gasteiger partial charge in [-0.1, -0.05) is 0 Å². The van der Waals surface area contributed by atoms with Gasteiger partial charge in [-0.2, -0.15) is 5.26 Å². The number of aromatic nitrogens is 1. The van der Waals surface area contributed by atoms with Gasteiger partial charge in [-0.3, -0.25) is 4.98 Å². The molecule has 1 fully saturated rings. The molecule has 2 rings (SSSR count). The standard InChI is InChI=1S/C10H12N2O2S/c11-6-10(1-3-14-4-2-10)9(13)8-5-12-7-15-8/h5,7,9,13H,1-4H2. The predicted molar refractivity (Wildman–Crippen MR) is 55.2 cm³/mol. The van der Waals surface area contributed by atoms with Gasteiger partial charge in [0.25, 0.3) is 0 Å². The molecule has 1 saturated heterocycles. The predicted octanol–water partition coefficient (Wildman–Crippen LogP) is 1.50. The lowest BCUT2D eigenvalue weighted by Crippen LogP contribution is -2.33. The van der Waals surface area contributed by atoms with Crippen molar-refractivity contribution in [3.05, 3.63) is 16.6 Å². The molecule has 0 aliphatic carbocycles. The van der Waals surface area contributed by atoms with E-state index in [2.05, 4.69) is 11.1 Å². The maximum atomic E-state index is 10.2. The van der Waals surface area contributed by atoms with E-state index in [0.717, 1.165) is 4.88 Å². The van der Waals surface area contributed by atoms with Gasteiger partial charge in [-0.05, 0) is 12.8 Å². The first-order valence-corrected chi connectivity index (χ1v) is 5.72. The summed E-state index contributed by atoms with van der Waals surface area (Å²) >= 11 is 1.39. The van der Waals surface area contributed by atoms with Crippen molar-refractivity contribution in [3.8, 4) is 6.07 Å². The molecule has 1 aromatic rings. The van der Waals surface area contributed by atoms with Gasteiger partial charge in [0, 0.05) is 19.4 Å². The Balaban J connectivity index is 2.23. The molecule has 0 radical (unpaired) electrons. The third-order valence-corrected chi connectivity index (χ3v) is 3.68. The lowest BCUT2D eigenvalue weighted by molar-refractivity contribution is -0.0296. The molecule has 2 heterocycles. The van der Waals surface area contributed by atoms with Gasteiger partial charge >= 0.3 is 0 Å². The van der Waals surface area contributed by atoms with E-state index in [9.17, 15) is 10.4 Å². The van der Waals surface area contributed by atoms with Crippen LogP contribution in [0.15, 0.2) is 11.7 Å². The largest absolute Gasteiger partial charge is 0.386 e. The molecule has 0 aromatic carbocycles. The van der Waals surface area contributed by atoms with Crippen molar-refractivity contribution in [2.45, 2.75) is 18.9 Å². The van der Waals surface area contributed by atoms with Crippen molar-refractivity contribution in [1.82, 2.24) is 4.98 Å². The molecule has 0 spiro atoms. The highest BCUT2D eigenvalue weighted by atomic mass is 32.1. The summed E-state index contributed by atoms with van der Waals surface area (Å²) in [4.78, 5) is 4.68. The molecule has 1 atom stereocenters. The van der Waals surface area contributed by atoms with Gasteiger partial charge in [-0.25, -0.2) is 0 Å². The molecule has 15 heavy (non-hydrogen) atoms. The van der Waals surface area contributed by atoms with Crippen LogP contribution in [0.4, 0.5) is 0 Å². The summed E-state index contributed by atoms with van der Waals surface area (Å²) in [7, 11) is 0. The van der Waals surface area contributed by atoms with E-state index in [1.807, 2.05) is 0 Å². The molecular formula is C10H12N2O2S. The summed E-state index contributed by atoms with van der Waals surface area (Å²) in [6.45, 7) is 1.09. The van der Waals surface area contributed by atoms with E-state index in [1.54, 1.807) is 11.7 Å². The van der Waals surface area contributed by atoms with E-state index >= 15 is 0 Å². The zero-order chi connectivity index (χ0) is 10.7. The van der Waals surface area contributed by atoms with Crippen molar-refractivity contribution >= 4 is 11.3 Å². The van der Waals surface area contributed by atoms with Crippen LogP contribution in [-0.2, 0) is 4.74 Å². The highest BCUT2D eigenvalue weighted by Gasteiger charge is 2.41. The molecule has 1 aromatic heterocycles. The number of nitriles is 1. The minimum absolute atomic E-state index is 0.545. The number of thiazole rings is 1. The zero-order valence-corrected chi connectivity index (χ0v) is 9.04. The van der Waals surface area contributed by atoms with Crippen LogP contribution in [0.25, 0.3) is 0 Å². The van der Waals surface area contributed by atoms with Crippen LogP contribution in [0.1, 0.15) is 23.8 Å². The van der Waals surface area contributed by atoms with Crippen molar-refractivity contribution in [1.29, 1.82) is 5.26 Å². The minimum atomic E-state index is -0.737. The summed E-state index contributed by atoms with van der Waals surface area (Å²) in [5, 5.41) is 19.4. The van der Waals surface area contributed by atoms with Crippen LogP contribution in [-0.4, -0.2) is 23.3 Å². The van der Waals surface area contributed by atoms with E-state index in [4.69, 9.17) is 4.74 Å². The molecule has 1 unspecified atom stereocenters. The van der Waals surface area contributed by atoms with Crippen molar-refractivity contribution in [2.75, 3.05) is 13.2 Å². The fourth-order valence-corrected chi connectivity index (χ4v) is 2.53. The maximum absolute atomic E-state index is 10.2. The van der Waals surface area contributed by atoms with Crippen LogP contribution < -0.4 is 0 Å². The zero-order valence-electron chi connectivity index (χ0n) is 8.22. The fraction of sp³-hybridized carbons (Fsp3) is 0.600. The van der Waals surface area contributed by atoms with Gasteiger partial charge < -0.3 is 9.84 Å². The monoisotopic (exact) mass is 224 g/mol. The molecule has 1 N–H and O–H groups in total. The third-order valence-electron chi connectivity index (χ3n) is 2.85. The topological polar surface area (TPSA) is 66.1 Å². The summed E-state index contributed by atoms with van der Waals surface area (Å²) in [5.41, 5.74) is 0.980. The molecule has 1 aliphatic rings. The molecule has 1 aliphatic heterocycles. The Morgan fingerprint density at radius 2 is 2.33 bits per heavy atom. The Morgan fingerprint density at radius 3 is 2.87 bits per heavy atom. The number of nitrogens with zero attached hydrogens (tertiary/aromatic N) is 2. The van der Waals surface area contributed by atoms with Gasteiger partial charge in [0.1, 0.15) is 6.10 Å². The lowest BCUT2D eigenvalue weighted by atomic mass is 9.76. The molecule has 80 valence electrons. The first kappa shape index (κ1) is 10.6. The summed E-state index contributed by atoms with van der Waals surface area (Å²) in [6, 6.07) is 2.25. The number of aliphatic hydroxyl groups excluding tert-OH is 1. The van der Waals surface area contributed by atoms with E-state index in [0.29, 0.717) is 26.1 Å². The van der Waals surface area contributed by atoms with Gasteiger partial charge in [0.15, 0.2) is 0 Å². The second-order valence-electron chi connectivity index (χ2n) is 3.69. The molecule has 4 nitrogen and oxygen atoms in total. The van der Waals surface area contributed by atoms with Crippen molar-refractivity contribution < 1.29 is 9.84 Å². The van der Waals surface area contributed by atoms with Crippen molar-refractivity contribution in [2.24, 2.45) is 5.41 Å². The molecule has 0 amide bonds. The van der Waals surface area contributed by atoms with Crippen LogP contribution in [0, 0.1) is 16.7 Å². The normalized spacial score (nSPS) is 21.9. The van der Waals surface area contributed by atoms with Crippen LogP contribution in [0.3, 0.4) is 0 Å². The summed E-state index contributed by atoms with van der Waals surface area (Å²) in [6.07, 6.45) is 2.06. The van der Waals surface area contributed by atoms with E-state index in [-0.39, 0.29) is 0 Å². The molecule has 0 bridgehead atoms. The number of aliphatic hydroxyl groups is 1. The lowest BCUT2D eigenvalue weighted by Gasteiger charge is -2.34. The number of ether oxygens (including phenoxy) is 1. The average molecular weight is 224 g/mol. The number of rotatable bonds is 2. The Bertz CT molecular complexity index is 352. The highest BCUT2D eigenvalue weighted by Crippen LogP contribution is 2.42. The second-order valence-corrected chi connectivity index (χ2v) is 4.60. The second kappa shape index (κ2) is 4.27. The van der Waals surface area contributed by atoms with Crippen molar-refractivity contribution in [3.63, 3.8) is 0 Å². The maximum Gasteiger partial charge on any atom is 0.108 e. The molecule has 0 saturated carbocycles. The van der Waals surface area contributed by atoms with E-state index in [1.165, 1.54) is 11.3 Å². The Labute approximate surface area is 92.1 Å². The highest BCUT2D eigenvalue weighted by molar-refractivity contribution is 7.09. The summed E-state index contributed by atoms with van der Waals surface area (Å²) in [5.74, 6) is 0. The SMILES string of the molecule is N#CC1(C(O)c2cncs2)CCOCC1. The van der Waals surface area contributed by atoms with Gasteiger partial charge in [0.2, 0.25) is 0 Å². The van der Waals surface area contributed by atoms with Crippen LogP contribution in [0.5, 0.6) is 0 Å².